The van der Waals surface area contributed by atoms with Crippen LogP contribution in [0, 0.1) is 0 Å². The molecule has 0 aliphatic carbocycles. The van der Waals surface area contributed by atoms with Gasteiger partial charge in [0.25, 0.3) is 0 Å². The van der Waals surface area contributed by atoms with Gasteiger partial charge in [0.05, 0.1) is 6.67 Å². The molecular formula is C24H32Cl2N2. The summed E-state index contributed by atoms with van der Waals surface area (Å²) in [4.78, 5) is 4.38. The largest absolute Gasteiger partial charge is 0.342 e. The number of hydrogen-bond acceptors (Lipinski definition) is 2. The van der Waals surface area contributed by atoms with Crippen molar-refractivity contribution in [2.24, 2.45) is 0 Å². The summed E-state index contributed by atoms with van der Waals surface area (Å²) in [6, 6.07) is 15.1. The Morgan fingerprint density at radius 3 is 2.14 bits per heavy atom. The zero-order chi connectivity index (χ0) is 19.8. The predicted molar refractivity (Wildman–Crippen MR) is 122 cm³/mol. The van der Waals surface area contributed by atoms with Crippen LogP contribution in [-0.4, -0.2) is 23.0 Å². The fourth-order valence-corrected chi connectivity index (χ4v) is 4.36. The van der Waals surface area contributed by atoms with Crippen LogP contribution in [0.5, 0.6) is 0 Å². The molecule has 2 nitrogen and oxygen atoms in total. The van der Waals surface area contributed by atoms with Gasteiger partial charge in [0.1, 0.15) is 10.3 Å². The highest BCUT2D eigenvalue weighted by atomic mass is 35.5. The maximum Gasteiger partial charge on any atom is 0.142 e. The average molecular weight is 419 g/mol. The maximum atomic E-state index is 6.53. The summed E-state index contributed by atoms with van der Waals surface area (Å²) in [7, 11) is 0. The van der Waals surface area contributed by atoms with Gasteiger partial charge in [0.15, 0.2) is 0 Å². The molecule has 4 heteroatoms. The monoisotopic (exact) mass is 418 g/mol. The van der Waals surface area contributed by atoms with Gasteiger partial charge in [-0.25, -0.2) is 0 Å². The van der Waals surface area contributed by atoms with Gasteiger partial charge in [0, 0.05) is 13.1 Å². The van der Waals surface area contributed by atoms with Crippen molar-refractivity contribution in [3.8, 4) is 0 Å². The minimum absolute atomic E-state index is 0.675. The Morgan fingerprint density at radius 2 is 1.39 bits per heavy atom. The highest BCUT2D eigenvalue weighted by Crippen LogP contribution is 2.31. The van der Waals surface area contributed by atoms with E-state index in [9.17, 15) is 0 Å². The second-order valence-electron chi connectivity index (χ2n) is 7.84. The van der Waals surface area contributed by atoms with E-state index in [1.54, 1.807) is 0 Å². The smallest absolute Gasteiger partial charge is 0.142 e. The molecule has 0 radical (unpaired) electrons. The minimum atomic E-state index is 0.675. The Kier molecular flexibility index (Phi) is 8.36. The summed E-state index contributed by atoms with van der Waals surface area (Å²) in [6.45, 7) is 4.81. The second-order valence-corrected chi connectivity index (χ2v) is 8.56. The highest BCUT2D eigenvalue weighted by molar-refractivity contribution is 6.38. The van der Waals surface area contributed by atoms with E-state index in [0.29, 0.717) is 10.3 Å². The van der Waals surface area contributed by atoms with Crippen molar-refractivity contribution in [3.05, 3.63) is 58.3 Å². The molecule has 28 heavy (non-hydrogen) atoms. The molecule has 1 aliphatic rings. The molecule has 0 N–H and O–H groups in total. The quantitative estimate of drug-likeness (QED) is 0.272. The van der Waals surface area contributed by atoms with Crippen LogP contribution in [0.2, 0.25) is 0 Å². The van der Waals surface area contributed by atoms with E-state index in [4.69, 9.17) is 23.2 Å². The molecule has 0 spiro atoms. The summed E-state index contributed by atoms with van der Waals surface area (Å²) in [5.74, 6) is 0. The molecule has 0 unspecified atom stereocenters. The zero-order valence-electron chi connectivity index (χ0n) is 17.0. The lowest BCUT2D eigenvalue weighted by atomic mass is 10.1. The van der Waals surface area contributed by atoms with Crippen molar-refractivity contribution in [1.82, 2.24) is 9.80 Å². The van der Waals surface area contributed by atoms with E-state index in [-0.39, 0.29) is 0 Å². The third-order valence-electron chi connectivity index (χ3n) is 5.54. The van der Waals surface area contributed by atoms with E-state index < -0.39 is 0 Å². The molecule has 0 saturated carbocycles. The van der Waals surface area contributed by atoms with E-state index in [1.807, 2.05) is 0 Å². The molecule has 152 valence electrons. The Balaban J connectivity index is 1.45. The van der Waals surface area contributed by atoms with Crippen LogP contribution in [0.15, 0.2) is 52.8 Å². The lowest BCUT2D eigenvalue weighted by molar-refractivity contribution is 0.249. The SMILES string of the molecule is CCCCCCCCCCN1CN(Cc2ccc3ccccc3c2)C(Cl)=C1Cl. The molecule has 0 aromatic heterocycles. The second kappa shape index (κ2) is 11.0. The van der Waals surface area contributed by atoms with Gasteiger partial charge in [-0.3, -0.25) is 0 Å². The van der Waals surface area contributed by atoms with Crippen molar-refractivity contribution in [2.45, 2.75) is 64.8 Å². The molecule has 3 rings (SSSR count). The van der Waals surface area contributed by atoms with Crippen LogP contribution in [0.25, 0.3) is 10.8 Å². The maximum absolute atomic E-state index is 6.53. The Bertz CT molecular complexity index is 787. The van der Waals surface area contributed by atoms with Gasteiger partial charge in [-0.15, -0.1) is 0 Å². The van der Waals surface area contributed by atoms with Crippen molar-refractivity contribution >= 4 is 34.0 Å². The lowest BCUT2D eigenvalue weighted by Gasteiger charge is -2.22. The number of fused-ring (bicyclic) bond motifs is 1. The molecule has 2 aromatic carbocycles. The summed E-state index contributed by atoms with van der Waals surface area (Å²) < 4.78 is 0. The van der Waals surface area contributed by atoms with Crippen LogP contribution in [0.1, 0.15) is 63.9 Å². The van der Waals surface area contributed by atoms with Crippen molar-refractivity contribution < 1.29 is 0 Å². The Hall–Kier alpha value is -1.38. The summed E-state index contributed by atoms with van der Waals surface area (Å²) >= 11 is 13.0. The molecule has 0 bridgehead atoms. The average Bonchev–Trinajstić information content (AvgIpc) is 2.98. The standard InChI is InChI=1S/C24H32Cl2N2/c1-2-3-4-5-6-7-8-11-16-27-19-28(24(26)23(27)25)18-20-14-15-21-12-9-10-13-22(21)17-20/h9-10,12-15,17H,2-8,11,16,18-19H2,1H3. The topological polar surface area (TPSA) is 6.48 Å². The van der Waals surface area contributed by atoms with Gasteiger partial charge >= 0.3 is 0 Å². The fourth-order valence-electron chi connectivity index (χ4n) is 3.87. The normalized spacial score (nSPS) is 14.5. The summed E-state index contributed by atoms with van der Waals surface area (Å²) in [5, 5.41) is 3.91. The van der Waals surface area contributed by atoms with Crippen LogP contribution in [0.4, 0.5) is 0 Å². The van der Waals surface area contributed by atoms with Gasteiger partial charge in [0.2, 0.25) is 0 Å². The zero-order valence-corrected chi connectivity index (χ0v) is 18.5. The van der Waals surface area contributed by atoms with Crippen molar-refractivity contribution in [3.63, 3.8) is 0 Å². The first-order valence-corrected chi connectivity index (χ1v) is 11.5. The number of benzene rings is 2. The van der Waals surface area contributed by atoms with Crippen molar-refractivity contribution in [1.29, 1.82) is 0 Å². The third-order valence-corrected chi connectivity index (χ3v) is 6.47. The van der Waals surface area contributed by atoms with E-state index in [0.717, 1.165) is 19.8 Å². The van der Waals surface area contributed by atoms with Gasteiger partial charge in [-0.05, 0) is 28.8 Å². The third kappa shape index (κ3) is 5.81. The predicted octanol–water partition coefficient (Wildman–Crippen LogP) is 7.66. The van der Waals surface area contributed by atoms with E-state index >= 15 is 0 Å². The first kappa shape index (κ1) is 21.3. The first-order valence-electron chi connectivity index (χ1n) is 10.7. The molecule has 0 fully saturated rings. The fraction of sp³-hybridized carbons (Fsp3) is 0.500. The Morgan fingerprint density at radius 1 is 0.750 bits per heavy atom. The number of rotatable bonds is 11. The van der Waals surface area contributed by atoms with Crippen LogP contribution < -0.4 is 0 Å². The molecule has 2 aromatic rings. The molecule has 1 heterocycles. The number of nitrogens with zero attached hydrogens (tertiary/aromatic N) is 2. The Labute approximate surface area is 180 Å². The summed E-state index contributed by atoms with van der Waals surface area (Å²) in [6.07, 6.45) is 10.6. The van der Waals surface area contributed by atoms with E-state index in [1.165, 1.54) is 67.7 Å². The van der Waals surface area contributed by atoms with E-state index in [2.05, 4.69) is 59.2 Å². The molecule has 0 saturated heterocycles. The summed E-state index contributed by atoms with van der Waals surface area (Å²) in [5.41, 5.74) is 1.26. The first-order chi connectivity index (χ1) is 13.7. The molecular weight excluding hydrogens is 387 g/mol. The van der Waals surface area contributed by atoms with Crippen LogP contribution >= 0.6 is 23.2 Å². The number of halogens is 2. The molecule has 0 amide bonds. The molecule has 1 aliphatic heterocycles. The van der Waals surface area contributed by atoms with Gasteiger partial charge in [-0.2, -0.15) is 0 Å². The van der Waals surface area contributed by atoms with Crippen molar-refractivity contribution in [2.75, 3.05) is 13.2 Å². The van der Waals surface area contributed by atoms with Gasteiger partial charge in [-0.1, -0.05) is 111 Å². The van der Waals surface area contributed by atoms with Crippen LogP contribution in [-0.2, 0) is 6.54 Å². The highest BCUT2D eigenvalue weighted by Gasteiger charge is 2.26. The van der Waals surface area contributed by atoms with Gasteiger partial charge < -0.3 is 9.80 Å². The number of hydrogen-bond donors (Lipinski definition) is 0. The molecule has 0 atom stereocenters. The number of unbranched alkanes of at least 4 members (excludes halogenated alkanes) is 7. The van der Waals surface area contributed by atoms with Crippen LogP contribution in [0.3, 0.4) is 0 Å². The lowest BCUT2D eigenvalue weighted by Crippen LogP contribution is -2.27. The minimum Gasteiger partial charge on any atom is -0.342 e.